The summed E-state index contributed by atoms with van der Waals surface area (Å²) in [4.78, 5) is 20.0. The first-order valence-electron chi connectivity index (χ1n) is 9.90. The lowest BCUT2D eigenvalue weighted by Gasteiger charge is -2.26. The molecule has 0 radical (unpaired) electrons. The Bertz CT molecular complexity index is 306. The molecular weight excluding hydrogens is 288 g/mol. The van der Waals surface area contributed by atoms with Gasteiger partial charge in [0.1, 0.15) is 0 Å². The van der Waals surface area contributed by atoms with Gasteiger partial charge in [0.25, 0.3) is 0 Å². The molecule has 1 saturated heterocycles. The first kappa shape index (κ1) is 20.2. The number of carbonyl (C=O) groups is 2. The van der Waals surface area contributed by atoms with Crippen LogP contribution < -0.4 is 0 Å². The number of hydrogen-bond acceptors (Lipinski definition) is 3. The lowest BCUT2D eigenvalue weighted by Crippen LogP contribution is -2.14. The molecule has 3 heteroatoms. The molecule has 0 aromatic rings. The summed E-state index contributed by atoms with van der Waals surface area (Å²) in [6.07, 6.45) is 18.3. The Hall–Kier alpha value is -0.860. The van der Waals surface area contributed by atoms with Crippen molar-refractivity contribution in [3.63, 3.8) is 0 Å². The summed E-state index contributed by atoms with van der Waals surface area (Å²) in [5, 5.41) is 0. The third-order valence-electron chi connectivity index (χ3n) is 5.38. The van der Waals surface area contributed by atoms with Crippen LogP contribution in [0.4, 0.5) is 0 Å². The minimum Gasteiger partial charge on any atom is -0.393 e. The molecule has 0 aromatic carbocycles. The third-order valence-corrected chi connectivity index (χ3v) is 5.38. The van der Waals surface area contributed by atoms with Crippen molar-refractivity contribution in [1.82, 2.24) is 0 Å². The van der Waals surface area contributed by atoms with Gasteiger partial charge < -0.3 is 4.74 Å². The first-order chi connectivity index (χ1) is 11.2. The zero-order chi connectivity index (χ0) is 16.9. The molecular formula is C20H36O3. The molecule has 0 N–H and O–H groups in total. The van der Waals surface area contributed by atoms with Crippen LogP contribution in [0.1, 0.15) is 104 Å². The normalized spacial score (nSPS) is 27.2. The Morgan fingerprint density at radius 1 is 0.696 bits per heavy atom. The maximum atomic E-state index is 10.0. The van der Waals surface area contributed by atoms with Crippen molar-refractivity contribution in [2.75, 3.05) is 0 Å². The van der Waals surface area contributed by atoms with Crippen molar-refractivity contribution < 1.29 is 14.3 Å². The molecule has 2 rings (SSSR count). The maximum Gasteiger partial charge on any atom is 0.314 e. The van der Waals surface area contributed by atoms with Gasteiger partial charge in [-0.1, -0.05) is 90.9 Å². The van der Waals surface area contributed by atoms with Crippen LogP contribution in [-0.4, -0.2) is 11.9 Å². The summed E-state index contributed by atoms with van der Waals surface area (Å²) in [6.45, 7) is 4.80. The van der Waals surface area contributed by atoms with Gasteiger partial charge in [0.05, 0.1) is 12.8 Å². The van der Waals surface area contributed by atoms with Crippen LogP contribution in [0.15, 0.2) is 0 Å². The van der Waals surface area contributed by atoms with Crippen LogP contribution >= 0.6 is 0 Å². The monoisotopic (exact) mass is 324 g/mol. The largest absolute Gasteiger partial charge is 0.393 e. The van der Waals surface area contributed by atoms with E-state index in [0.29, 0.717) is 0 Å². The third kappa shape index (κ3) is 9.12. The first-order valence-corrected chi connectivity index (χ1v) is 9.90. The quantitative estimate of drug-likeness (QED) is 0.476. The van der Waals surface area contributed by atoms with E-state index >= 15 is 0 Å². The number of rotatable bonds is 2. The zero-order valence-corrected chi connectivity index (χ0v) is 15.3. The molecule has 134 valence electrons. The Morgan fingerprint density at radius 3 is 1.30 bits per heavy atom. The van der Waals surface area contributed by atoms with E-state index in [1.165, 1.54) is 77.0 Å². The fraction of sp³-hybridized carbons (Fsp3) is 0.900. The number of carbonyl (C=O) groups excluding carboxylic acids is 2. The standard InChI is InChI=1S/C16H32.C4H4O3/c1-3-15-13-11-9-7-5-6-8-10-12-14-16(15)4-2;5-3-1-2-4(6)7-3/h15-16H,3-14H2,1-2H3;1-2H2. The van der Waals surface area contributed by atoms with Gasteiger partial charge >= 0.3 is 11.9 Å². The molecule has 2 atom stereocenters. The van der Waals surface area contributed by atoms with E-state index in [1.54, 1.807) is 0 Å². The van der Waals surface area contributed by atoms with Crippen LogP contribution in [0, 0.1) is 11.8 Å². The Morgan fingerprint density at radius 2 is 1.04 bits per heavy atom. The lowest BCUT2D eigenvalue weighted by molar-refractivity contribution is -0.151. The van der Waals surface area contributed by atoms with Gasteiger partial charge in [-0.15, -0.1) is 0 Å². The highest BCUT2D eigenvalue weighted by Crippen LogP contribution is 2.30. The maximum absolute atomic E-state index is 10.0. The second-order valence-electron chi connectivity index (χ2n) is 7.09. The van der Waals surface area contributed by atoms with Crippen molar-refractivity contribution in [3.05, 3.63) is 0 Å². The van der Waals surface area contributed by atoms with Crippen LogP contribution in [0.5, 0.6) is 0 Å². The molecule has 1 heterocycles. The van der Waals surface area contributed by atoms with Crippen molar-refractivity contribution in [2.24, 2.45) is 11.8 Å². The minimum atomic E-state index is -0.398. The van der Waals surface area contributed by atoms with Gasteiger partial charge in [-0.2, -0.15) is 0 Å². The van der Waals surface area contributed by atoms with E-state index < -0.39 is 11.9 Å². The fourth-order valence-corrected chi connectivity index (χ4v) is 3.85. The highest BCUT2D eigenvalue weighted by molar-refractivity contribution is 5.92. The van der Waals surface area contributed by atoms with Crippen molar-refractivity contribution in [3.8, 4) is 0 Å². The van der Waals surface area contributed by atoms with Crippen LogP contribution in [0.3, 0.4) is 0 Å². The van der Waals surface area contributed by atoms with E-state index in [9.17, 15) is 9.59 Å². The number of hydrogen-bond donors (Lipinski definition) is 0. The predicted molar refractivity (Wildman–Crippen MR) is 94.1 cm³/mol. The molecule has 0 aromatic heterocycles. The molecule has 23 heavy (non-hydrogen) atoms. The fourth-order valence-electron chi connectivity index (χ4n) is 3.85. The minimum absolute atomic E-state index is 0.263. The molecule has 1 aliphatic carbocycles. The van der Waals surface area contributed by atoms with Gasteiger partial charge in [-0.3, -0.25) is 9.59 Å². The highest BCUT2D eigenvalue weighted by atomic mass is 16.6. The molecule has 0 spiro atoms. The Labute approximate surface area is 142 Å². The average Bonchev–Trinajstić information content (AvgIpc) is 2.92. The summed E-state index contributed by atoms with van der Waals surface area (Å²) in [5.41, 5.74) is 0. The van der Waals surface area contributed by atoms with E-state index in [4.69, 9.17) is 0 Å². The highest BCUT2D eigenvalue weighted by Gasteiger charge is 2.19. The molecule has 0 bridgehead atoms. The van der Waals surface area contributed by atoms with Gasteiger partial charge in [0.15, 0.2) is 0 Å². The van der Waals surface area contributed by atoms with E-state index in [-0.39, 0.29) is 12.8 Å². The Kier molecular flexibility index (Phi) is 11.0. The summed E-state index contributed by atoms with van der Waals surface area (Å²) in [5.74, 6) is 1.27. The lowest BCUT2D eigenvalue weighted by atomic mass is 9.80. The summed E-state index contributed by atoms with van der Waals surface area (Å²) in [6, 6.07) is 0. The van der Waals surface area contributed by atoms with Crippen LogP contribution in [0.25, 0.3) is 0 Å². The van der Waals surface area contributed by atoms with Gasteiger partial charge in [0.2, 0.25) is 0 Å². The smallest absolute Gasteiger partial charge is 0.314 e. The van der Waals surface area contributed by atoms with E-state index in [0.717, 1.165) is 11.8 Å². The molecule has 2 unspecified atom stereocenters. The van der Waals surface area contributed by atoms with Crippen LogP contribution in [-0.2, 0) is 14.3 Å². The summed E-state index contributed by atoms with van der Waals surface area (Å²) >= 11 is 0. The SMILES string of the molecule is CCC1CCCCCCCCCCC1CC.O=C1CCC(=O)O1. The number of ether oxygens (including phenoxy) is 1. The van der Waals surface area contributed by atoms with Gasteiger partial charge in [-0.05, 0) is 11.8 Å². The van der Waals surface area contributed by atoms with Crippen molar-refractivity contribution >= 4 is 11.9 Å². The van der Waals surface area contributed by atoms with E-state index in [2.05, 4.69) is 18.6 Å². The summed E-state index contributed by atoms with van der Waals surface area (Å²) < 4.78 is 4.08. The molecule has 2 aliphatic rings. The van der Waals surface area contributed by atoms with E-state index in [1.807, 2.05) is 0 Å². The Balaban J connectivity index is 0.000000313. The van der Waals surface area contributed by atoms with Gasteiger partial charge in [0, 0.05) is 0 Å². The number of esters is 2. The topological polar surface area (TPSA) is 43.4 Å². The van der Waals surface area contributed by atoms with Crippen LogP contribution in [0.2, 0.25) is 0 Å². The predicted octanol–water partition coefficient (Wildman–Crippen LogP) is 5.80. The van der Waals surface area contributed by atoms with Crippen molar-refractivity contribution in [1.29, 1.82) is 0 Å². The van der Waals surface area contributed by atoms with Crippen molar-refractivity contribution in [2.45, 2.75) is 104 Å². The zero-order valence-electron chi connectivity index (χ0n) is 15.3. The molecule has 0 amide bonds. The number of cyclic esters (lactones) is 2. The summed E-state index contributed by atoms with van der Waals surface area (Å²) in [7, 11) is 0. The second kappa shape index (κ2) is 12.5. The van der Waals surface area contributed by atoms with Gasteiger partial charge in [-0.25, -0.2) is 0 Å². The molecule has 2 fully saturated rings. The second-order valence-corrected chi connectivity index (χ2v) is 7.09. The average molecular weight is 325 g/mol. The molecule has 1 aliphatic heterocycles. The molecule has 3 nitrogen and oxygen atoms in total. The molecule has 1 saturated carbocycles.